The Morgan fingerprint density at radius 3 is 2.12 bits per heavy atom. The van der Waals surface area contributed by atoms with Gasteiger partial charge in [-0.1, -0.05) is 0 Å². The first-order valence-corrected chi connectivity index (χ1v) is 5.43. The minimum atomic E-state index is -5.87. The van der Waals surface area contributed by atoms with E-state index in [9.17, 15) is 26.7 Å². The van der Waals surface area contributed by atoms with Crippen LogP contribution < -0.4 is 0 Å². The average molecular weight is 323 g/mol. The lowest BCUT2D eigenvalue weighted by molar-refractivity contribution is -0.255. The van der Waals surface area contributed by atoms with Crippen LogP contribution in [0.5, 0.6) is 0 Å². The molecule has 1 heterocycles. The number of alkyl halides is 5. The molecule has 0 atom stereocenters. The number of aryl methyl sites for hydroxylation is 1. The molecule has 0 N–H and O–H groups in total. The Bertz CT molecular complexity index is 423. The standard InChI is InChI=1S/C8H4BrF5OS/c1-3-2-4(9)5(16-3)6(15)7(10,11)8(12,13)14/h2H,1H3. The predicted molar refractivity (Wildman–Crippen MR) is 52.1 cm³/mol. The molecule has 0 bridgehead atoms. The Balaban J connectivity index is 3.17. The van der Waals surface area contributed by atoms with E-state index in [2.05, 4.69) is 15.9 Å². The number of carbonyl (C=O) groups excluding carboxylic acids is 1. The van der Waals surface area contributed by atoms with E-state index in [-0.39, 0.29) is 4.47 Å². The van der Waals surface area contributed by atoms with Crippen molar-refractivity contribution >= 4 is 33.0 Å². The number of halogens is 6. The summed E-state index contributed by atoms with van der Waals surface area (Å²) in [5.41, 5.74) is 0. The minimum Gasteiger partial charge on any atom is -0.286 e. The molecule has 0 saturated heterocycles. The Hall–Kier alpha value is -0.500. The largest absolute Gasteiger partial charge is 0.461 e. The molecule has 0 aromatic carbocycles. The fraction of sp³-hybridized carbons (Fsp3) is 0.375. The van der Waals surface area contributed by atoms with Crippen LogP contribution in [-0.2, 0) is 0 Å². The van der Waals surface area contributed by atoms with Crippen molar-refractivity contribution in [3.05, 3.63) is 20.3 Å². The number of rotatable bonds is 2. The Morgan fingerprint density at radius 1 is 1.31 bits per heavy atom. The first kappa shape index (κ1) is 13.6. The van der Waals surface area contributed by atoms with E-state index >= 15 is 0 Å². The van der Waals surface area contributed by atoms with Crippen molar-refractivity contribution < 1.29 is 26.7 Å². The molecule has 0 aliphatic carbocycles. The minimum absolute atomic E-state index is 0.0519. The van der Waals surface area contributed by atoms with Gasteiger partial charge in [0.15, 0.2) is 0 Å². The van der Waals surface area contributed by atoms with Crippen molar-refractivity contribution in [3.63, 3.8) is 0 Å². The maximum Gasteiger partial charge on any atom is 0.461 e. The van der Waals surface area contributed by atoms with Gasteiger partial charge in [0.25, 0.3) is 5.78 Å². The fourth-order valence-corrected chi connectivity index (χ4v) is 2.70. The third-order valence-electron chi connectivity index (χ3n) is 1.66. The average Bonchev–Trinajstić information content (AvgIpc) is 2.41. The second kappa shape index (κ2) is 4.06. The topological polar surface area (TPSA) is 17.1 Å². The van der Waals surface area contributed by atoms with Gasteiger partial charge in [0.1, 0.15) is 0 Å². The molecule has 0 radical (unpaired) electrons. The van der Waals surface area contributed by atoms with Crippen molar-refractivity contribution in [3.8, 4) is 0 Å². The van der Waals surface area contributed by atoms with Gasteiger partial charge >= 0.3 is 12.1 Å². The van der Waals surface area contributed by atoms with Crippen LogP contribution in [-0.4, -0.2) is 17.9 Å². The van der Waals surface area contributed by atoms with Crippen LogP contribution in [0.3, 0.4) is 0 Å². The van der Waals surface area contributed by atoms with Gasteiger partial charge in [-0.05, 0) is 28.9 Å². The lowest BCUT2D eigenvalue weighted by atomic mass is 10.2. The molecule has 8 heteroatoms. The monoisotopic (exact) mass is 322 g/mol. The first-order chi connectivity index (χ1) is 7.07. The molecule has 0 aliphatic rings. The van der Waals surface area contributed by atoms with Crippen LogP contribution >= 0.6 is 27.3 Å². The highest BCUT2D eigenvalue weighted by Gasteiger charge is 2.63. The lowest BCUT2D eigenvalue weighted by Crippen LogP contribution is -2.43. The molecule has 0 fully saturated rings. The molecule has 0 amide bonds. The molecular formula is C8H4BrF5OS. The van der Waals surface area contributed by atoms with Gasteiger partial charge < -0.3 is 0 Å². The number of ketones is 1. The van der Waals surface area contributed by atoms with E-state index in [1.54, 1.807) is 0 Å². The van der Waals surface area contributed by atoms with Crippen molar-refractivity contribution in [1.82, 2.24) is 0 Å². The van der Waals surface area contributed by atoms with Crippen molar-refractivity contribution in [2.24, 2.45) is 0 Å². The predicted octanol–water partition coefficient (Wildman–Crippen LogP) is 4.20. The van der Waals surface area contributed by atoms with Gasteiger partial charge in [0.2, 0.25) is 0 Å². The summed E-state index contributed by atoms with van der Waals surface area (Å²) < 4.78 is 61.1. The van der Waals surface area contributed by atoms with Gasteiger partial charge in [0, 0.05) is 9.35 Å². The Kier molecular flexibility index (Phi) is 3.45. The highest BCUT2D eigenvalue weighted by atomic mass is 79.9. The lowest BCUT2D eigenvalue weighted by Gasteiger charge is -2.17. The summed E-state index contributed by atoms with van der Waals surface area (Å²) in [6.07, 6.45) is -5.87. The summed E-state index contributed by atoms with van der Waals surface area (Å²) in [6.45, 7) is 1.50. The van der Waals surface area contributed by atoms with Gasteiger partial charge in [-0.2, -0.15) is 22.0 Å². The molecule has 0 saturated carbocycles. The van der Waals surface area contributed by atoms with Crippen LogP contribution in [0.2, 0.25) is 0 Å². The zero-order valence-corrected chi connectivity index (χ0v) is 10.1. The summed E-state index contributed by atoms with van der Waals surface area (Å²) >= 11 is 3.35. The molecule has 1 nitrogen and oxygen atoms in total. The zero-order chi connectivity index (χ0) is 12.7. The number of hydrogen-bond acceptors (Lipinski definition) is 2. The van der Waals surface area contributed by atoms with E-state index in [1.165, 1.54) is 13.0 Å². The highest BCUT2D eigenvalue weighted by Crippen LogP contribution is 2.41. The molecule has 1 rings (SSSR count). The normalized spacial score (nSPS) is 12.9. The summed E-state index contributed by atoms with van der Waals surface area (Å²) in [6, 6.07) is 1.31. The Labute approximate surface area is 99.4 Å². The Morgan fingerprint density at radius 2 is 1.81 bits per heavy atom. The number of Topliss-reactive ketones (excluding diaryl/α,β-unsaturated/α-hetero) is 1. The van der Waals surface area contributed by atoms with Crippen LogP contribution in [0.1, 0.15) is 14.5 Å². The van der Waals surface area contributed by atoms with E-state index in [0.717, 1.165) is 0 Å². The van der Waals surface area contributed by atoms with Crippen molar-refractivity contribution in [1.29, 1.82) is 0 Å². The first-order valence-electron chi connectivity index (χ1n) is 3.82. The maximum atomic E-state index is 12.7. The highest BCUT2D eigenvalue weighted by molar-refractivity contribution is 9.10. The van der Waals surface area contributed by atoms with Crippen LogP contribution in [0, 0.1) is 6.92 Å². The van der Waals surface area contributed by atoms with Gasteiger partial charge in [-0.3, -0.25) is 4.79 Å². The van der Waals surface area contributed by atoms with Gasteiger partial charge in [-0.15, -0.1) is 11.3 Å². The number of carbonyl (C=O) groups is 1. The molecule has 0 unspecified atom stereocenters. The van der Waals surface area contributed by atoms with Crippen molar-refractivity contribution in [2.45, 2.75) is 19.0 Å². The molecule has 1 aromatic heterocycles. The quantitative estimate of drug-likeness (QED) is 0.589. The molecule has 16 heavy (non-hydrogen) atoms. The second-order valence-electron chi connectivity index (χ2n) is 2.94. The van der Waals surface area contributed by atoms with E-state index in [0.29, 0.717) is 16.2 Å². The van der Waals surface area contributed by atoms with Crippen LogP contribution in [0.15, 0.2) is 10.5 Å². The van der Waals surface area contributed by atoms with E-state index < -0.39 is 22.8 Å². The van der Waals surface area contributed by atoms with E-state index in [4.69, 9.17) is 0 Å². The maximum absolute atomic E-state index is 12.7. The van der Waals surface area contributed by atoms with Gasteiger partial charge in [0.05, 0.1) is 4.88 Å². The third kappa shape index (κ3) is 2.27. The summed E-state index contributed by atoms with van der Waals surface area (Å²) in [5.74, 6) is -7.59. The second-order valence-corrected chi connectivity index (χ2v) is 5.05. The van der Waals surface area contributed by atoms with Crippen LogP contribution in [0.4, 0.5) is 22.0 Å². The van der Waals surface area contributed by atoms with E-state index in [1.807, 2.05) is 0 Å². The summed E-state index contributed by atoms with van der Waals surface area (Å²) in [5, 5.41) is 0. The van der Waals surface area contributed by atoms with Crippen LogP contribution in [0.25, 0.3) is 0 Å². The summed E-state index contributed by atoms with van der Waals surface area (Å²) in [7, 11) is 0. The molecular weight excluding hydrogens is 319 g/mol. The fourth-order valence-electron chi connectivity index (χ4n) is 0.909. The van der Waals surface area contributed by atoms with Gasteiger partial charge in [-0.25, -0.2) is 0 Å². The molecule has 1 aromatic rings. The smallest absolute Gasteiger partial charge is 0.286 e. The third-order valence-corrected chi connectivity index (χ3v) is 3.59. The number of hydrogen-bond donors (Lipinski definition) is 0. The van der Waals surface area contributed by atoms with Crippen molar-refractivity contribution in [2.75, 3.05) is 0 Å². The summed E-state index contributed by atoms with van der Waals surface area (Å²) in [4.78, 5) is 10.9. The zero-order valence-electron chi connectivity index (χ0n) is 7.66. The molecule has 90 valence electrons. The number of thiophene rings is 1. The molecule has 0 spiro atoms. The SMILES string of the molecule is Cc1cc(Br)c(C(=O)C(F)(F)C(F)(F)F)s1. The molecule has 0 aliphatic heterocycles.